The van der Waals surface area contributed by atoms with Gasteiger partial charge in [0.1, 0.15) is 0 Å². The van der Waals surface area contributed by atoms with Gasteiger partial charge in [-0.05, 0) is 42.6 Å². The summed E-state index contributed by atoms with van der Waals surface area (Å²) in [5.41, 5.74) is 1.39. The summed E-state index contributed by atoms with van der Waals surface area (Å²) >= 11 is 4.57. The van der Waals surface area contributed by atoms with Crippen LogP contribution in [0.3, 0.4) is 0 Å². The molecule has 100 valence electrons. The summed E-state index contributed by atoms with van der Waals surface area (Å²) in [5, 5.41) is 0. The fourth-order valence-corrected chi connectivity index (χ4v) is 3.36. The predicted molar refractivity (Wildman–Crippen MR) is 79.4 cm³/mol. The third-order valence-corrected chi connectivity index (χ3v) is 4.83. The Balaban J connectivity index is 2.20. The molecule has 1 heterocycles. The van der Waals surface area contributed by atoms with Crippen LogP contribution in [0.15, 0.2) is 23.1 Å². The first-order valence-electron chi connectivity index (χ1n) is 6.93. The molecule has 0 unspecified atom stereocenters. The Morgan fingerprint density at radius 3 is 2.50 bits per heavy atom. The van der Waals surface area contributed by atoms with Crippen LogP contribution in [-0.4, -0.2) is 10.3 Å². The minimum atomic E-state index is 0.125. The van der Waals surface area contributed by atoms with Crippen molar-refractivity contribution in [1.29, 1.82) is 0 Å². The maximum atomic E-state index is 12.0. The van der Waals surface area contributed by atoms with Crippen LogP contribution >= 0.6 is 12.6 Å². The normalized spacial score (nSPS) is 19.4. The predicted octanol–water partition coefficient (Wildman–Crippen LogP) is 3.43. The zero-order valence-electron chi connectivity index (χ0n) is 11.2. The third kappa shape index (κ3) is 3.19. The fourth-order valence-electron chi connectivity index (χ4n) is 2.94. The minimum Gasteiger partial charge on any atom is -0.315 e. The van der Waals surface area contributed by atoms with Gasteiger partial charge in [-0.3, -0.25) is 4.79 Å². The van der Waals surface area contributed by atoms with E-state index in [0.29, 0.717) is 0 Å². The second-order valence-electron chi connectivity index (χ2n) is 5.74. The summed E-state index contributed by atoms with van der Waals surface area (Å²) in [7, 11) is 0. The van der Waals surface area contributed by atoms with E-state index in [1.165, 1.54) is 38.5 Å². The molecule has 0 aliphatic heterocycles. The van der Waals surface area contributed by atoms with Gasteiger partial charge in [-0.25, -0.2) is 0 Å². The summed E-state index contributed by atoms with van der Waals surface area (Å²) < 4.78 is 1.87. The number of thiol groups is 1. The highest BCUT2D eigenvalue weighted by Crippen LogP contribution is 2.37. The summed E-state index contributed by atoms with van der Waals surface area (Å²) in [6.45, 7) is 2.79. The molecule has 0 N–H and O–H groups in total. The van der Waals surface area contributed by atoms with Crippen LogP contribution in [0.25, 0.3) is 0 Å². The van der Waals surface area contributed by atoms with Crippen molar-refractivity contribution in [2.45, 2.75) is 52.0 Å². The molecule has 0 aromatic carbocycles. The molecule has 1 aliphatic carbocycles. The van der Waals surface area contributed by atoms with E-state index < -0.39 is 0 Å². The lowest BCUT2D eigenvalue weighted by Crippen LogP contribution is -2.33. The Kier molecular flexibility index (Phi) is 4.55. The average molecular weight is 265 g/mol. The summed E-state index contributed by atoms with van der Waals surface area (Å²) in [5.74, 6) is 0.882. The third-order valence-electron chi connectivity index (χ3n) is 4.16. The molecule has 2 nitrogen and oxygen atoms in total. The van der Waals surface area contributed by atoms with E-state index in [2.05, 4.69) is 12.6 Å². The highest BCUT2D eigenvalue weighted by atomic mass is 32.1. The molecule has 1 fully saturated rings. The second kappa shape index (κ2) is 5.96. The average Bonchev–Trinajstić information content (AvgIpc) is 2.59. The highest BCUT2D eigenvalue weighted by Gasteiger charge is 2.30. The van der Waals surface area contributed by atoms with Crippen LogP contribution in [0.2, 0.25) is 0 Å². The molecule has 3 heteroatoms. The number of aromatic nitrogens is 1. The van der Waals surface area contributed by atoms with Gasteiger partial charge in [-0.1, -0.05) is 25.7 Å². The number of pyridine rings is 1. The van der Waals surface area contributed by atoms with Crippen molar-refractivity contribution in [2.24, 2.45) is 5.41 Å². The molecule has 0 amide bonds. The Morgan fingerprint density at radius 2 is 1.94 bits per heavy atom. The van der Waals surface area contributed by atoms with E-state index in [-0.39, 0.29) is 11.0 Å². The van der Waals surface area contributed by atoms with Crippen LogP contribution in [0.5, 0.6) is 0 Å². The molecular weight excluding hydrogens is 242 g/mol. The topological polar surface area (TPSA) is 22.0 Å². The first-order chi connectivity index (χ1) is 8.65. The van der Waals surface area contributed by atoms with Crippen LogP contribution in [0.4, 0.5) is 0 Å². The minimum absolute atomic E-state index is 0.125. The van der Waals surface area contributed by atoms with Crippen molar-refractivity contribution in [2.75, 3.05) is 5.75 Å². The second-order valence-corrected chi connectivity index (χ2v) is 6.06. The molecule has 2 rings (SSSR count). The Hall–Kier alpha value is -0.700. The van der Waals surface area contributed by atoms with Gasteiger partial charge in [0.05, 0.1) is 0 Å². The number of hydrogen-bond acceptors (Lipinski definition) is 2. The lowest BCUT2D eigenvalue weighted by atomic mass is 9.82. The van der Waals surface area contributed by atoms with Crippen molar-refractivity contribution in [3.05, 3.63) is 34.2 Å². The van der Waals surface area contributed by atoms with E-state index in [1.807, 2.05) is 23.8 Å². The molecule has 1 aromatic rings. The number of rotatable bonds is 3. The van der Waals surface area contributed by atoms with Crippen molar-refractivity contribution < 1.29 is 0 Å². The van der Waals surface area contributed by atoms with Crippen LogP contribution in [-0.2, 0) is 6.54 Å². The molecule has 1 saturated carbocycles. The molecule has 0 bridgehead atoms. The van der Waals surface area contributed by atoms with Gasteiger partial charge in [0.15, 0.2) is 0 Å². The summed E-state index contributed by atoms with van der Waals surface area (Å²) in [6.07, 6.45) is 9.57. The molecule has 0 radical (unpaired) electrons. The summed E-state index contributed by atoms with van der Waals surface area (Å²) in [4.78, 5) is 12.0. The number of aryl methyl sites for hydroxylation is 1. The van der Waals surface area contributed by atoms with Crippen molar-refractivity contribution in [3.8, 4) is 0 Å². The number of hydrogen-bond donors (Lipinski definition) is 1. The first-order valence-corrected chi connectivity index (χ1v) is 7.56. The molecule has 1 aliphatic rings. The van der Waals surface area contributed by atoms with Gasteiger partial charge in [-0.2, -0.15) is 12.6 Å². The van der Waals surface area contributed by atoms with E-state index in [4.69, 9.17) is 0 Å². The Bertz CT molecular complexity index is 444. The lowest BCUT2D eigenvalue weighted by Gasteiger charge is -2.31. The largest absolute Gasteiger partial charge is 0.315 e. The summed E-state index contributed by atoms with van der Waals surface area (Å²) in [6, 6.07) is 3.74. The molecule has 0 atom stereocenters. The van der Waals surface area contributed by atoms with E-state index in [1.54, 1.807) is 6.07 Å². The SMILES string of the molecule is Cc1ccn(CC2(CS)CCCCCC2)c(=O)c1. The smallest absolute Gasteiger partial charge is 0.250 e. The zero-order chi connectivity index (χ0) is 13.0. The Morgan fingerprint density at radius 1 is 1.28 bits per heavy atom. The van der Waals surface area contributed by atoms with E-state index in [9.17, 15) is 4.79 Å². The zero-order valence-corrected chi connectivity index (χ0v) is 12.1. The van der Waals surface area contributed by atoms with E-state index >= 15 is 0 Å². The first kappa shape index (κ1) is 13.7. The van der Waals surface area contributed by atoms with Gasteiger partial charge in [-0.15, -0.1) is 0 Å². The van der Waals surface area contributed by atoms with E-state index in [0.717, 1.165) is 17.9 Å². The van der Waals surface area contributed by atoms with Crippen molar-refractivity contribution >= 4 is 12.6 Å². The number of nitrogens with zero attached hydrogens (tertiary/aromatic N) is 1. The van der Waals surface area contributed by atoms with Crippen LogP contribution in [0.1, 0.15) is 44.1 Å². The molecule has 1 aromatic heterocycles. The monoisotopic (exact) mass is 265 g/mol. The fraction of sp³-hybridized carbons (Fsp3) is 0.667. The quantitative estimate of drug-likeness (QED) is 0.656. The Labute approximate surface area is 115 Å². The maximum Gasteiger partial charge on any atom is 0.250 e. The molecule has 0 spiro atoms. The van der Waals surface area contributed by atoms with Crippen LogP contribution in [0, 0.1) is 12.3 Å². The van der Waals surface area contributed by atoms with Crippen molar-refractivity contribution in [3.63, 3.8) is 0 Å². The van der Waals surface area contributed by atoms with Gasteiger partial charge >= 0.3 is 0 Å². The molecule has 0 saturated heterocycles. The maximum absolute atomic E-state index is 12.0. The lowest BCUT2D eigenvalue weighted by molar-refractivity contribution is 0.238. The van der Waals surface area contributed by atoms with Gasteiger partial charge in [0.2, 0.25) is 0 Å². The van der Waals surface area contributed by atoms with Gasteiger partial charge in [0.25, 0.3) is 5.56 Å². The van der Waals surface area contributed by atoms with Gasteiger partial charge in [0, 0.05) is 18.8 Å². The standard InChI is InChI=1S/C15H23NOS/c1-13-6-9-16(14(17)10-13)11-15(12-18)7-4-2-3-5-8-15/h6,9-10,18H,2-5,7-8,11-12H2,1H3. The van der Waals surface area contributed by atoms with Crippen LogP contribution < -0.4 is 5.56 Å². The molecular formula is C15H23NOS. The van der Waals surface area contributed by atoms with Crippen molar-refractivity contribution in [1.82, 2.24) is 4.57 Å². The highest BCUT2D eigenvalue weighted by molar-refractivity contribution is 7.80. The molecule has 18 heavy (non-hydrogen) atoms. The van der Waals surface area contributed by atoms with Gasteiger partial charge < -0.3 is 4.57 Å².